The first-order chi connectivity index (χ1) is 11.5. The average Bonchev–Trinajstić information content (AvgIpc) is 2.91. The van der Waals surface area contributed by atoms with Crippen molar-refractivity contribution in [3.63, 3.8) is 0 Å². The fourth-order valence-electron chi connectivity index (χ4n) is 3.53. The van der Waals surface area contributed by atoms with Crippen LogP contribution in [0, 0.1) is 27.7 Å². The second kappa shape index (κ2) is 6.52. The van der Waals surface area contributed by atoms with Crippen molar-refractivity contribution in [1.82, 2.24) is 9.97 Å². The number of aryl methyl sites for hydroxylation is 4. The largest absolute Gasteiger partial charge is 0.356 e. The molecule has 24 heavy (non-hydrogen) atoms. The van der Waals surface area contributed by atoms with Crippen LogP contribution in [0.5, 0.6) is 0 Å². The maximum atomic E-state index is 4.80. The Morgan fingerprint density at radius 1 is 0.958 bits per heavy atom. The Bertz CT molecular complexity index is 868. The predicted molar refractivity (Wildman–Crippen MR) is 105 cm³/mol. The van der Waals surface area contributed by atoms with Gasteiger partial charge in [0.1, 0.15) is 11.6 Å². The molecule has 0 aliphatic carbocycles. The number of rotatable bonds is 4. The van der Waals surface area contributed by atoms with Crippen molar-refractivity contribution < 1.29 is 0 Å². The summed E-state index contributed by atoms with van der Waals surface area (Å²) in [7, 11) is 0. The molecule has 0 N–H and O–H groups in total. The zero-order valence-corrected chi connectivity index (χ0v) is 16.2. The third kappa shape index (κ3) is 2.80. The smallest absolute Gasteiger partial charge is 0.150 e. The van der Waals surface area contributed by atoms with Crippen LogP contribution in [0.15, 0.2) is 17.5 Å². The van der Waals surface area contributed by atoms with Crippen LogP contribution in [-0.2, 0) is 0 Å². The van der Waals surface area contributed by atoms with Crippen molar-refractivity contribution in [3.8, 4) is 11.1 Å². The molecule has 2 aromatic heterocycles. The van der Waals surface area contributed by atoms with Crippen molar-refractivity contribution in [3.05, 3.63) is 40.0 Å². The molecule has 0 radical (unpaired) electrons. The van der Waals surface area contributed by atoms with E-state index in [4.69, 9.17) is 9.97 Å². The lowest BCUT2D eigenvalue weighted by Gasteiger charge is -2.20. The van der Waals surface area contributed by atoms with E-state index in [0.29, 0.717) is 0 Å². The van der Waals surface area contributed by atoms with Crippen LogP contribution in [0.25, 0.3) is 21.3 Å². The van der Waals surface area contributed by atoms with Crippen molar-refractivity contribution in [2.45, 2.75) is 41.5 Å². The number of aromatic nitrogens is 2. The second-order valence-corrected chi connectivity index (χ2v) is 7.25. The number of benzene rings is 1. The van der Waals surface area contributed by atoms with Gasteiger partial charge in [-0.3, -0.25) is 0 Å². The molecular formula is C20H25N3S. The molecule has 0 bridgehead atoms. The van der Waals surface area contributed by atoms with E-state index < -0.39 is 0 Å². The van der Waals surface area contributed by atoms with E-state index in [1.54, 1.807) is 11.3 Å². The quantitative estimate of drug-likeness (QED) is 0.634. The minimum absolute atomic E-state index is 0.839. The lowest BCUT2D eigenvalue weighted by Crippen LogP contribution is -2.23. The van der Waals surface area contributed by atoms with Crippen molar-refractivity contribution >= 4 is 27.4 Å². The van der Waals surface area contributed by atoms with E-state index in [0.717, 1.165) is 30.2 Å². The first-order valence-corrected chi connectivity index (χ1v) is 9.43. The number of hydrogen-bond acceptors (Lipinski definition) is 4. The molecule has 0 unspecified atom stereocenters. The highest BCUT2D eigenvalue weighted by atomic mass is 32.1. The molecule has 4 heteroatoms. The maximum absolute atomic E-state index is 4.80. The first kappa shape index (κ1) is 16.9. The van der Waals surface area contributed by atoms with Gasteiger partial charge >= 0.3 is 0 Å². The molecule has 2 heterocycles. The standard InChI is InChI=1S/C20H25N3S/c1-7-23(8-2)20-19-18(21-15(6)22-20)16(11-24-19)17-13(4)9-12(3)10-14(17)5/h9-11H,7-8H2,1-6H3. The highest BCUT2D eigenvalue weighted by Gasteiger charge is 2.18. The number of anilines is 1. The third-order valence-electron chi connectivity index (χ3n) is 4.52. The summed E-state index contributed by atoms with van der Waals surface area (Å²) < 4.78 is 1.19. The fraction of sp³-hybridized carbons (Fsp3) is 0.400. The van der Waals surface area contributed by atoms with Crippen LogP contribution < -0.4 is 4.90 Å². The van der Waals surface area contributed by atoms with Gasteiger partial charge in [0.25, 0.3) is 0 Å². The summed E-state index contributed by atoms with van der Waals surface area (Å²) in [6.45, 7) is 14.8. The molecule has 1 aromatic carbocycles. The molecule has 3 aromatic rings. The summed E-state index contributed by atoms with van der Waals surface area (Å²) in [5, 5.41) is 2.25. The van der Waals surface area contributed by atoms with Gasteiger partial charge in [-0.15, -0.1) is 11.3 Å². The molecule has 0 saturated carbocycles. The Balaban J connectivity index is 2.29. The number of fused-ring (bicyclic) bond motifs is 1. The summed E-state index contributed by atoms with van der Waals surface area (Å²) in [6.07, 6.45) is 0. The normalized spacial score (nSPS) is 11.2. The van der Waals surface area contributed by atoms with Crippen LogP contribution in [0.3, 0.4) is 0 Å². The van der Waals surface area contributed by atoms with Crippen LogP contribution in [0.4, 0.5) is 5.82 Å². The van der Waals surface area contributed by atoms with Gasteiger partial charge in [-0.05, 0) is 58.2 Å². The van der Waals surface area contributed by atoms with Gasteiger partial charge in [0.15, 0.2) is 0 Å². The highest BCUT2D eigenvalue weighted by Crippen LogP contribution is 2.40. The van der Waals surface area contributed by atoms with Gasteiger partial charge in [0.2, 0.25) is 0 Å². The molecule has 3 nitrogen and oxygen atoms in total. The Morgan fingerprint density at radius 2 is 1.58 bits per heavy atom. The Kier molecular flexibility index (Phi) is 4.59. The third-order valence-corrected chi connectivity index (χ3v) is 5.48. The second-order valence-electron chi connectivity index (χ2n) is 6.37. The number of hydrogen-bond donors (Lipinski definition) is 0. The van der Waals surface area contributed by atoms with Gasteiger partial charge in [-0.1, -0.05) is 17.7 Å². The molecule has 126 valence electrons. The van der Waals surface area contributed by atoms with Crippen molar-refractivity contribution in [2.24, 2.45) is 0 Å². The zero-order chi connectivity index (χ0) is 17.4. The summed E-state index contributed by atoms with van der Waals surface area (Å²) in [5.74, 6) is 1.91. The van der Waals surface area contributed by atoms with E-state index >= 15 is 0 Å². The first-order valence-electron chi connectivity index (χ1n) is 8.55. The zero-order valence-electron chi connectivity index (χ0n) is 15.4. The minimum Gasteiger partial charge on any atom is -0.356 e. The van der Waals surface area contributed by atoms with Gasteiger partial charge < -0.3 is 4.90 Å². The molecule has 3 rings (SSSR count). The lowest BCUT2D eigenvalue weighted by atomic mass is 9.95. The monoisotopic (exact) mass is 339 g/mol. The van der Waals surface area contributed by atoms with Gasteiger partial charge in [-0.25, -0.2) is 9.97 Å². The molecule has 0 aliphatic heterocycles. The van der Waals surface area contributed by atoms with E-state index in [-0.39, 0.29) is 0 Å². The summed E-state index contributed by atoms with van der Waals surface area (Å²) >= 11 is 1.76. The summed E-state index contributed by atoms with van der Waals surface area (Å²) in [5.41, 5.74) is 7.58. The van der Waals surface area contributed by atoms with Crippen molar-refractivity contribution in [1.29, 1.82) is 0 Å². The average molecular weight is 340 g/mol. The van der Waals surface area contributed by atoms with E-state index in [9.17, 15) is 0 Å². The predicted octanol–water partition coefficient (Wildman–Crippen LogP) is 5.44. The topological polar surface area (TPSA) is 29.0 Å². The molecule has 0 saturated heterocycles. The fourth-order valence-corrected chi connectivity index (χ4v) is 4.54. The van der Waals surface area contributed by atoms with Crippen LogP contribution in [0.1, 0.15) is 36.4 Å². The molecule has 0 spiro atoms. The molecule has 0 amide bonds. The SMILES string of the molecule is CCN(CC)c1nc(C)nc2c(-c3c(C)cc(C)cc3C)csc12. The Hall–Kier alpha value is -1.94. The Labute approximate surface area is 148 Å². The minimum atomic E-state index is 0.839. The maximum Gasteiger partial charge on any atom is 0.150 e. The lowest BCUT2D eigenvalue weighted by molar-refractivity contribution is 0.844. The molecule has 0 atom stereocenters. The molecule has 0 aliphatic rings. The van der Waals surface area contributed by atoms with Gasteiger partial charge in [0.05, 0.1) is 10.2 Å². The van der Waals surface area contributed by atoms with Crippen LogP contribution in [-0.4, -0.2) is 23.1 Å². The van der Waals surface area contributed by atoms with Crippen LogP contribution in [0.2, 0.25) is 0 Å². The van der Waals surface area contributed by atoms with E-state index in [2.05, 4.69) is 57.0 Å². The molecular weight excluding hydrogens is 314 g/mol. The Morgan fingerprint density at radius 3 is 2.17 bits per heavy atom. The van der Waals surface area contributed by atoms with E-state index in [1.165, 1.54) is 32.5 Å². The van der Waals surface area contributed by atoms with E-state index in [1.807, 2.05) is 6.92 Å². The summed E-state index contributed by atoms with van der Waals surface area (Å²) in [4.78, 5) is 11.8. The number of thiophene rings is 1. The van der Waals surface area contributed by atoms with Crippen LogP contribution >= 0.6 is 11.3 Å². The van der Waals surface area contributed by atoms with Gasteiger partial charge in [0, 0.05) is 24.0 Å². The molecule has 0 fully saturated rings. The number of nitrogens with zero attached hydrogens (tertiary/aromatic N) is 3. The highest BCUT2D eigenvalue weighted by molar-refractivity contribution is 7.18. The summed E-state index contributed by atoms with van der Waals surface area (Å²) in [6, 6.07) is 4.51. The van der Waals surface area contributed by atoms with Crippen molar-refractivity contribution in [2.75, 3.05) is 18.0 Å². The van der Waals surface area contributed by atoms with Gasteiger partial charge in [-0.2, -0.15) is 0 Å².